The molecule has 0 radical (unpaired) electrons. The monoisotopic (exact) mass is 408 g/mol. The van der Waals surface area contributed by atoms with Crippen LogP contribution in [-0.4, -0.2) is 26.4 Å². The summed E-state index contributed by atoms with van der Waals surface area (Å²) < 4.78 is 7.94. The fourth-order valence-electron chi connectivity index (χ4n) is 2.73. The molecule has 7 heteroatoms. The quantitative estimate of drug-likeness (QED) is 0.412. The predicted octanol–water partition coefficient (Wildman–Crippen LogP) is 4.64. The van der Waals surface area contributed by atoms with Crippen LogP contribution in [0, 0.1) is 6.92 Å². The molecule has 6 nitrogen and oxygen atoms in total. The van der Waals surface area contributed by atoms with E-state index >= 15 is 0 Å². The molecular formula is C22H24N4O2S. The van der Waals surface area contributed by atoms with Gasteiger partial charge >= 0.3 is 0 Å². The summed E-state index contributed by atoms with van der Waals surface area (Å²) in [6.45, 7) is 8.31. The standard InChI is InChI=1S/C22H24N4O2S/c1-4-14-26-21(17(3)28-19-12-10-16(2)11-13-19)24-25-22(26)29-15-20(27)23-18-8-6-5-7-9-18/h4-13,17H,1,14-15H2,2-3H3,(H,23,27). The summed E-state index contributed by atoms with van der Waals surface area (Å²) in [6, 6.07) is 17.2. The van der Waals surface area contributed by atoms with Crippen LogP contribution in [0.3, 0.4) is 0 Å². The van der Waals surface area contributed by atoms with Gasteiger partial charge < -0.3 is 10.1 Å². The molecule has 0 fully saturated rings. The molecule has 0 bridgehead atoms. The Labute approximate surface area is 175 Å². The maximum absolute atomic E-state index is 12.2. The van der Waals surface area contributed by atoms with E-state index < -0.39 is 0 Å². The first kappa shape index (κ1) is 20.7. The number of nitrogens with zero attached hydrogens (tertiary/aromatic N) is 3. The zero-order valence-electron chi connectivity index (χ0n) is 16.5. The minimum absolute atomic E-state index is 0.0974. The van der Waals surface area contributed by atoms with Crippen LogP contribution in [0.15, 0.2) is 72.4 Å². The molecule has 0 spiro atoms. The highest BCUT2D eigenvalue weighted by Crippen LogP contribution is 2.25. The highest BCUT2D eigenvalue weighted by Gasteiger charge is 2.19. The number of anilines is 1. The van der Waals surface area contributed by atoms with E-state index in [-0.39, 0.29) is 17.8 Å². The van der Waals surface area contributed by atoms with E-state index in [0.29, 0.717) is 17.5 Å². The molecule has 0 saturated heterocycles. The van der Waals surface area contributed by atoms with Gasteiger partial charge in [-0.2, -0.15) is 0 Å². The first-order valence-corrected chi connectivity index (χ1v) is 10.3. The van der Waals surface area contributed by atoms with Gasteiger partial charge in [0, 0.05) is 12.2 Å². The average molecular weight is 409 g/mol. The molecule has 1 aromatic heterocycles. The van der Waals surface area contributed by atoms with Crippen LogP contribution in [0.5, 0.6) is 5.75 Å². The number of carbonyl (C=O) groups excluding carboxylic acids is 1. The lowest BCUT2D eigenvalue weighted by molar-refractivity contribution is -0.113. The van der Waals surface area contributed by atoms with Gasteiger partial charge in [0.2, 0.25) is 5.91 Å². The number of ether oxygens (including phenoxy) is 1. The summed E-state index contributed by atoms with van der Waals surface area (Å²) >= 11 is 1.33. The second kappa shape index (κ2) is 9.93. The van der Waals surface area contributed by atoms with Crippen molar-refractivity contribution in [3.05, 3.63) is 78.6 Å². The maximum Gasteiger partial charge on any atom is 0.234 e. The van der Waals surface area contributed by atoms with Crippen molar-refractivity contribution in [1.82, 2.24) is 14.8 Å². The number of para-hydroxylation sites is 1. The van der Waals surface area contributed by atoms with Gasteiger partial charge in [-0.05, 0) is 38.1 Å². The molecule has 3 rings (SSSR count). The van der Waals surface area contributed by atoms with Crippen LogP contribution in [0.25, 0.3) is 0 Å². The van der Waals surface area contributed by atoms with E-state index in [0.717, 1.165) is 11.4 Å². The molecule has 2 aromatic carbocycles. The summed E-state index contributed by atoms with van der Waals surface area (Å²) in [5, 5.41) is 12.1. The largest absolute Gasteiger partial charge is 0.483 e. The Balaban J connectivity index is 1.66. The van der Waals surface area contributed by atoms with Gasteiger partial charge in [-0.25, -0.2) is 0 Å². The Kier molecular flexibility index (Phi) is 7.08. The number of carbonyl (C=O) groups is 1. The molecule has 3 aromatic rings. The molecule has 0 aliphatic carbocycles. The Morgan fingerprint density at radius 2 is 1.93 bits per heavy atom. The summed E-state index contributed by atoms with van der Waals surface area (Å²) in [6.07, 6.45) is 1.48. The molecule has 29 heavy (non-hydrogen) atoms. The van der Waals surface area contributed by atoms with Crippen LogP contribution < -0.4 is 10.1 Å². The fraction of sp³-hybridized carbons (Fsp3) is 0.227. The van der Waals surface area contributed by atoms with E-state index in [2.05, 4.69) is 22.1 Å². The van der Waals surface area contributed by atoms with Crippen molar-refractivity contribution >= 4 is 23.4 Å². The third-order valence-corrected chi connectivity index (χ3v) is 5.11. The molecule has 1 unspecified atom stereocenters. The fourth-order valence-corrected chi connectivity index (χ4v) is 3.49. The number of nitrogens with one attached hydrogen (secondary N) is 1. The van der Waals surface area contributed by atoms with Crippen LogP contribution in [0.4, 0.5) is 5.69 Å². The number of allylic oxidation sites excluding steroid dienone is 1. The van der Waals surface area contributed by atoms with Crippen molar-refractivity contribution in [2.75, 3.05) is 11.1 Å². The minimum Gasteiger partial charge on any atom is -0.483 e. The predicted molar refractivity (Wildman–Crippen MR) is 116 cm³/mol. The molecular weight excluding hydrogens is 384 g/mol. The lowest BCUT2D eigenvalue weighted by atomic mass is 10.2. The molecule has 0 aliphatic rings. The van der Waals surface area contributed by atoms with Crippen molar-refractivity contribution in [2.24, 2.45) is 0 Å². The van der Waals surface area contributed by atoms with Crippen molar-refractivity contribution < 1.29 is 9.53 Å². The Bertz CT molecular complexity index is 955. The van der Waals surface area contributed by atoms with Gasteiger partial charge in [0.05, 0.1) is 5.75 Å². The average Bonchev–Trinajstić information content (AvgIpc) is 3.12. The van der Waals surface area contributed by atoms with Gasteiger partial charge in [0.25, 0.3) is 0 Å². The van der Waals surface area contributed by atoms with Crippen molar-refractivity contribution in [2.45, 2.75) is 31.7 Å². The Morgan fingerprint density at radius 1 is 1.21 bits per heavy atom. The van der Waals surface area contributed by atoms with E-state index in [1.54, 1.807) is 6.08 Å². The SMILES string of the molecule is C=CCn1c(SCC(=O)Nc2ccccc2)nnc1C(C)Oc1ccc(C)cc1. The van der Waals surface area contributed by atoms with Crippen LogP contribution in [0.1, 0.15) is 24.4 Å². The van der Waals surface area contributed by atoms with E-state index in [1.165, 1.54) is 17.3 Å². The zero-order valence-corrected chi connectivity index (χ0v) is 17.4. The van der Waals surface area contributed by atoms with Gasteiger partial charge in [0.1, 0.15) is 5.75 Å². The normalized spacial score (nSPS) is 11.7. The summed E-state index contributed by atoms with van der Waals surface area (Å²) in [7, 11) is 0. The molecule has 1 N–H and O–H groups in total. The van der Waals surface area contributed by atoms with E-state index in [4.69, 9.17) is 4.74 Å². The number of hydrogen-bond donors (Lipinski definition) is 1. The van der Waals surface area contributed by atoms with Gasteiger partial charge in [-0.1, -0.05) is 53.7 Å². The third-order valence-electron chi connectivity index (χ3n) is 4.14. The molecule has 1 amide bonds. The van der Waals surface area contributed by atoms with Crippen molar-refractivity contribution in [3.8, 4) is 5.75 Å². The summed E-state index contributed by atoms with van der Waals surface area (Å²) in [4.78, 5) is 12.2. The van der Waals surface area contributed by atoms with Gasteiger partial charge in [-0.3, -0.25) is 9.36 Å². The van der Waals surface area contributed by atoms with Crippen molar-refractivity contribution in [3.63, 3.8) is 0 Å². The molecule has 0 saturated carbocycles. The lowest BCUT2D eigenvalue weighted by Gasteiger charge is -2.16. The molecule has 150 valence electrons. The highest BCUT2D eigenvalue weighted by atomic mass is 32.2. The number of benzene rings is 2. The number of aryl methyl sites for hydroxylation is 1. The summed E-state index contributed by atoms with van der Waals surface area (Å²) in [5.41, 5.74) is 1.94. The number of aromatic nitrogens is 3. The Hall–Kier alpha value is -3.06. The Morgan fingerprint density at radius 3 is 2.62 bits per heavy atom. The first-order valence-electron chi connectivity index (χ1n) is 9.32. The number of hydrogen-bond acceptors (Lipinski definition) is 5. The van der Waals surface area contributed by atoms with E-state index in [9.17, 15) is 4.79 Å². The zero-order chi connectivity index (χ0) is 20.6. The van der Waals surface area contributed by atoms with Gasteiger partial charge in [0.15, 0.2) is 17.1 Å². The van der Waals surface area contributed by atoms with Crippen molar-refractivity contribution in [1.29, 1.82) is 0 Å². The number of rotatable bonds is 9. The lowest BCUT2D eigenvalue weighted by Crippen LogP contribution is -2.15. The van der Waals surface area contributed by atoms with Gasteiger partial charge in [-0.15, -0.1) is 16.8 Å². The van der Waals surface area contributed by atoms with Crippen LogP contribution >= 0.6 is 11.8 Å². The minimum atomic E-state index is -0.294. The summed E-state index contributed by atoms with van der Waals surface area (Å²) in [5.74, 6) is 1.60. The highest BCUT2D eigenvalue weighted by molar-refractivity contribution is 7.99. The number of thioether (sulfide) groups is 1. The topological polar surface area (TPSA) is 69.0 Å². The first-order chi connectivity index (χ1) is 14.1. The molecule has 0 aliphatic heterocycles. The maximum atomic E-state index is 12.2. The van der Waals surface area contributed by atoms with E-state index in [1.807, 2.05) is 73.0 Å². The number of amides is 1. The smallest absolute Gasteiger partial charge is 0.234 e. The third kappa shape index (κ3) is 5.71. The second-order valence-electron chi connectivity index (χ2n) is 6.52. The van der Waals surface area contributed by atoms with Crippen LogP contribution in [-0.2, 0) is 11.3 Å². The molecule has 1 heterocycles. The van der Waals surface area contributed by atoms with Crippen LogP contribution in [0.2, 0.25) is 0 Å². The molecule has 1 atom stereocenters. The second-order valence-corrected chi connectivity index (χ2v) is 7.46.